The minimum atomic E-state index is -0.0996. The highest BCUT2D eigenvalue weighted by Gasteiger charge is 2.28. The van der Waals surface area contributed by atoms with Gasteiger partial charge in [-0.1, -0.05) is 44.4 Å². The van der Waals surface area contributed by atoms with Crippen LogP contribution in [0.4, 0.5) is 0 Å². The van der Waals surface area contributed by atoms with E-state index in [9.17, 15) is 9.59 Å². The lowest BCUT2D eigenvalue weighted by molar-refractivity contribution is -0.119. The standard InChI is InChI=1S/C20H25ClN2O2S/c1-12-5-4-6-16(13(12)2)22-19(24)11-26-18-10-20(25)23(3)17-9-14(21)7-8-15(17)18/h7-10,12-13,16H,4-6,11H2,1-3H3,(H,22,24). The number of amides is 1. The Morgan fingerprint density at radius 3 is 2.85 bits per heavy atom. The molecule has 26 heavy (non-hydrogen) atoms. The fourth-order valence-corrected chi connectivity index (χ4v) is 4.74. The molecule has 3 rings (SSSR count). The molecule has 0 spiro atoms. The number of nitrogens with zero attached hydrogens (tertiary/aromatic N) is 1. The zero-order chi connectivity index (χ0) is 18.8. The summed E-state index contributed by atoms with van der Waals surface area (Å²) in [6, 6.07) is 7.35. The van der Waals surface area contributed by atoms with Crippen LogP contribution >= 0.6 is 23.4 Å². The normalized spacial score (nSPS) is 23.2. The van der Waals surface area contributed by atoms with Crippen LogP contribution in [-0.4, -0.2) is 22.3 Å². The van der Waals surface area contributed by atoms with Crippen LogP contribution in [0.2, 0.25) is 5.02 Å². The van der Waals surface area contributed by atoms with Gasteiger partial charge in [0.25, 0.3) is 5.56 Å². The second-order valence-corrected chi connectivity index (χ2v) is 8.75. The average molecular weight is 393 g/mol. The van der Waals surface area contributed by atoms with Crippen LogP contribution < -0.4 is 10.9 Å². The fraction of sp³-hybridized carbons (Fsp3) is 0.500. The molecule has 0 saturated heterocycles. The van der Waals surface area contributed by atoms with Gasteiger partial charge in [0.05, 0.1) is 11.3 Å². The van der Waals surface area contributed by atoms with Crippen LogP contribution in [-0.2, 0) is 11.8 Å². The minimum absolute atomic E-state index is 0.0312. The molecule has 1 aromatic carbocycles. The molecule has 3 atom stereocenters. The molecule has 0 bridgehead atoms. The zero-order valence-electron chi connectivity index (χ0n) is 15.4. The molecule has 140 valence electrons. The number of aryl methyl sites for hydroxylation is 1. The summed E-state index contributed by atoms with van der Waals surface area (Å²) in [6.07, 6.45) is 3.46. The summed E-state index contributed by atoms with van der Waals surface area (Å²) in [6.45, 7) is 4.48. The maximum absolute atomic E-state index is 12.4. The van der Waals surface area contributed by atoms with Gasteiger partial charge in [-0.2, -0.15) is 0 Å². The predicted octanol–water partition coefficient (Wildman–Crippen LogP) is 4.22. The van der Waals surface area contributed by atoms with E-state index in [0.717, 1.165) is 22.2 Å². The molecule has 1 aliphatic carbocycles. The summed E-state index contributed by atoms with van der Waals surface area (Å²) in [5.41, 5.74) is 0.681. The van der Waals surface area contributed by atoms with Crippen molar-refractivity contribution in [2.45, 2.75) is 44.0 Å². The zero-order valence-corrected chi connectivity index (χ0v) is 17.0. The van der Waals surface area contributed by atoms with Gasteiger partial charge in [-0.05, 0) is 30.4 Å². The third-order valence-electron chi connectivity index (χ3n) is 5.58. The number of aromatic nitrogens is 1. The van der Waals surface area contributed by atoms with Crippen LogP contribution in [0.3, 0.4) is 0 Å². The molecule has 4 nitrogen and oxygen atoms in total. The van der Waals surface area contributed by atoms with Crippen molar-refractivity contribution in [2.75, 3.05) is 5.75 Å². The number of carbonyl (C=O) groups is 1. The Balaban J connectivity index is 1.72. The molecule has 0 radical (unpaired) electrons. The lowest BCUT2D eigenvalue weighted by atomic mass is 9.78. The summed E-state index contributed by atoms with van der Waals surface area (Å²) >= 11 is 7.48. The second kappa shape index (κ2) is 8.05. The van der Waals surface area contributed by atoms with Gasteiger partial charge in [0.15, 0.2) is 0 Å². The highest BCUT2D eigenvalue weighted by molar-refractivity contribution is 8.00. The first-order chi connectivity index (χ1) is 12.4. The summed E-state index contributed by atoms with van der Waals surface area (Å²) in [5, 5.41) is 4.72. The largest absolute Gasteiger partial charge is 0.352 e. The van der Waals surface area contributed by atoms with Crippen molar-refractivity contribution in [3.8, 4) is 0 Å². The van der Waals surface area contributed by atoms with Crippen LogP contribution in [0.5, 0.6) is 0 Å². The molecule has 3 unspecified atom stereocenters. The first-order valence-electron chi connectivity index (χ1n) is 9.08. The fourth-order valence-electron chi connectivity index (χ4n) is 3.69. The van der Waals surface area contributed by atoms with Crippen LogP contribution in [0.15, 0.2) is 34.0 Å². The highest BCUT2D eigenvalue weighted by Crippen LogP contribution is 2.30. The number of hydrogen-bond acceptors (Lipinski definition) is 3. The third kappa shape index (κ3) is 4.09. The Kier molecular flexibility index (Phi) is 5.98. The summed E-state index contributed by atoms with van der Waals surface area (Å²) in [7, 11) is 1.73. The molecule has 1 saturated carbocycles. The SMILES string of the molecule is CC1CCCC(NC(=O)CSc2cc(=O)n(C)c3cc(Cl)ccc23)C1C. The van der Waals surface area contributed by atoms with Crippen LogP contribution in [0.25, 0.3) is 10.9 Å². The first kappa shape index (κ1) is 19.3. The molecule has 1 aliphatic rings. The van der Waals surface area contributed by atoms with Crippen LogP contribution in [0.1, 0.15) is 33.1 Å². The molecule has 1 aromatic heterocycles. The Morgan fingerprint density at radius 2 is 2.08 bits per heavy atom. The van der Waals surface area contributed by atoms with Gasteiger partial charge in [-0.15, -0.1) is 11.8 Å². The van der Waals surface area contributed by atoms with Crippen molar-refractivity contribution in [3.63, 3.8) is 0 Å². The number of fused-ring (bicyclic) bond motifs is 1. The van der Waals surface area contributed by atoms with Gasteiger partial charge in [-0.25, -0.2) is 0 Å². The van der Waals surface area contributed by atoms with E-state index in [1.807, 2.05) is 12.1 Å². The molecule has 6 heteroatoms. The van der Waals surface area contributed by atoms with E-state index in [4.69, 9.17) is 11.6 Å². The summed E-state index contributed by atoms with van der Waals surface area (Å²) in [4.78, 5) is 25.5. The quantitative estimate of drug-likeness (QED) is 0.792. The van der Waals surface area contributed by atoms with Gasteiger partial charge in [0, 0.05) is 34.5 Å². The lowest BCUT2D eigenvalue weighted by Gasteiger charge is -2.34. The Labute approximate surface area is 163 Å². The van der Waals surface area contributed by atoms with E-state index in [1.165, 1.54) is 24.6 Å². The van der Waals surface area contributed by atoms with E-state index in [0.29, 0.717) is 22.6 Å². The predicted molar refractivity (Wildman–Crippen MR) is 109 cm³/mol. The van der Waals surface area contributed by atoms with Gasteiger partial charge in [0.2, 0.25) is 5.91 Å². The number of benzene rings is 1. The maximum atomic E-state index is 12.4. The van der Waals surface area contributed by atoms with Gasteiger partial charge >= 0.3 is 0 Å². The summed E-state index contributed by atoms with van der Waals surface area (Å²) < 4.78 is 1.58. The topological polar surface area (TPSA) is 51.1 Å². The van der Waals surface area contributed by atoms with E-state index < -0.39 is 0 Å². The van der Waals surface area contributed by atoms with E-state index in [-0.39, 0.29) is 17.5 Å². The molecular formula is C20H25ClN2O2S. The van der Waals surface area contributed by atoms with Gasteiger partial charge in [-0.3, -0.25) is 9.59 Å². The van der Waals surface area contributed by atoms with Crippen molar-refractivity contribution < 1.29 is 4.79 Å². The minimum Gasteiger partial charge on any atom is -0.352 e. The molecule has 1 N–H and O–H groups in total. The number of rotatable bonds is 4. The van der Waals surface area contributed by atoms with E-state index in [1.54, 1.807) is 23.7 Å². The molecule has 0 aliphatic heterocycles. The molecule has 1 amide bonds. The third-order valence-corrected chi connectivity index (χ3v) is 6.87. The first-order valence-corrected chi connectivity index (χ1v) is 10.4. The Bertz CT molecular complexity index is 880. The van der Waals surface area contributed by atoms with Crippen LogP contribution in [0, 0.1) is 11.8 Å². The number of halogens is 1. The number of nitrogens with one attached hydrogen (secondary N) is 1. The van der Waals surface area contributed by atoms with Crippen molar-refractivity contribution in [1.29, 1.82) is 0 Å². The van der Waals surface area contributed by atoms with Crippen molar-refractivity contribution in [1.82, 2.24) is 9.88 Å². The number of pyridine rings is 1. The molecule has 1 fully saturated rings. The van der Waals surface area contributed by atoms with Crippen molar-refractivity contribution in [2.24, 2.45) is 18.9 Å². The molecule has 1 heterocycles. The van der Waals surface area contributed by atoms with E-state index in [2.05, 4.69) is 19.2 Å². The smallest absolute Gasteiger partial charge is 0.251 e. The monoisotopic (exact) mass is 392 g/mol. The average Bonchev–Trinajstić information content (AvgIpc) is 2.61. The Hall–Kier alpha value is -1.46. The second-order valence-electron chi connectivity index (χ2n) is 7.30. The van der Waals surface area contributed by atoms with E-state index >= 15 is 0 Å². The highest BCUT2D eigenvalue weighted by atomic mass is 35.5. The molecular weight excluding hydrogens is 368 g/mol. The van der Waals surface area contributed by atoms with Gasteiger partial charge < -0.3 is 9.88 Å². The molecule has 2 aromatic rings. The Morgan fingerprint density at radius 1 is 1.31 bits per heavy atom. The lowest BCUT2D eigenvalue weighted by Crippen LogP contribution is -2.44. The maximum Gasteiger partial charge on any atom is 0.251 e. The van der Waals surface area contributed by atoms with Crippen molar-refractivity contribution in [3.05, 3.63) is 39.6 Å². The van der Waals surface area contributed by atoms with Crippen molar-refractivity contribution >= 4 is 40.2 Å². The number of hydrogen-bond donors (Lipinski definition) is 1. The number of thioether (sulfide) groups is 1. The number of carbonyl (C=O) groups excluding carboxylic acids is 1. The summed E-state index contributed by atoms with van der Waals surface area (Å²) in [5.74, 6) is 1.49. The van der Waals surface area contributed by atoms with Gasteiger partial charge in [0.1, 0.15) is 0 Å².